The first kappa shape index (κ1) is 19.9. The van der Waals surface area contributed by atoms with Crippen LogP contribution < -0.4 is 0 Å². The van der Waals surface area contributed by atoms with Crippen molar-refractivity contribution < 1.29 is 22.4 Å². The topological polar surface area (TPSA) is 20.3 Å². The molecule has 2 aliphatic rings. The number of alkyl halides is 3. The van der Waals surface area contributed by atoms with E-state index in [2.05, 4.69) is 0 Å². The van der Waals surface area contributed by atoms with E-state index in [1.165, 1.54) is 6.92 Å². The van der Waals surface area contributed by atoms with Crippen LogP contribution in [0.25, 0.3) is 11.1 Å². The van der Waals surface area contributed by atoms with Crippen molar-refractivity contribution in [3.05, 3.63) is 59.9 Å². The fourth-order valence-electron chi connectivity index (χ4n) is 4.36. The molecule has 1 saturated heterocycles. The van der Waals surface area contributed by atoms with Crippen LogP contribution in [0.15, 0.2) is 48.5 Å². The van der Waals surface area contributed by atoms with E-state index in [-0.39, 0.29) is 19.3 Å². The van der Waals surface area contributed by atoms with E-state index in [1.807, 2.05) is 6.07 Å². The van der Waals surface area contributed by atoms with Crippen molar-refractivity contribution in [1.82, 2.24) is 4.90 Å². The van der Waals surface area contributed by atoms with Crippen LogP contribution >= 0.6 is 0 Å². The molecular weight excluding hydrogens is 382 g/mol. The normalized spacial score (nSPS) is 28.2. The summed E-state index contributed by atoms with van der Waals surface area (Å²) in [7, 11) is 0. The number of carbonyl (C=O) groups excluding carboxylic acids is 1. The summed E-state index contributed by atoms with van der Waals surface area (Å²) >= 11 is 0. The number of carbonyl (C=O) groups is 1. The Morgan fingerprint density at radius 3 is 2.45 bits per heavy atom. The quantitative estimate of drug-likeness (QED) is 0.635. The molecule has 2 aromatic carbocycles. The number of halogens is 4. The van der Waals surface area contributed by atoms with Gasteiger partial charge in [-0.3, -0.25) is 4.79 Å². The van der Waals surface area contributed by atoms with E-state index in [9.17, 15) is 18.0 Å². The van der Waals surface area contributed by atoms with Crippen LogP contribution in [0.5, 0.6) is 0 Å². The van der Waals surface area contributed by atoms with E-state index >= 15 is 4.39 Å². The van der Waals surface area contributed by atoms with Gasteiger partial charge in [-0.05, 0) is 30.4 Å². The average molecular weight is 405 g/mol. The van der Waals surface area contributed by atoms with Gasteiger partial charge in [0.25, 0.3) is 5.92 Å². The highest BCUT2D eigenvalue weighted by atomic mass is 19.3. The van der Waals surface area contributed by atoms with Gasteiger partial charge in [-0.2, -0.15) is 0 Å². The minimum Gasteiger partial charge on any atom is -0.333 e. The fourth-order valence-corrected chi connectivity index (χ4v) is 4.36. The maximum atomic E-state index is 15.2. The fraction of sp³-hybridized carbons (Fsp3) is 0.435. The summed E-state index contributed by atoms with van der Waals surface area (Å²) in [6.45, 7) is 0.709. The van der Waals surface area contributed by atoms with Gasteiger partial charge in [0.15, 0.2) is 0 Å². The zero-order chi connectivity index (χ0) is 20.8. The van der Waals surface area contributed by atoms with Gasteiger partial charge in [0.2, 0.25) is 5.91 Å². The monoisotopic (exact) mass is 405 g/mol. The zero-order valence-electron chi connectivity index (χ0n) is 16.1. The average Bonchev–Trinajstić information content (AvgIpc) is 2.91. The summed E-state index contributed by atoms with van der Waals surface area (Å²) in [5, 5.41) is 0. The maximum Gasteiger partial charge on any atom is 0.269 e. The molecule has 0 spiro atoms. The molecule has 6 heteroatoms. The highest BCUT2D eigenvalue weighted by Gasteiger charge is 2.55. The largest absolute Gasteiger partial charge is 0.333 e. The summed E-state index contributed by atoms with van der Waals surface area (Å²) in [6, 6.07) is 13.1. The molecule has 2 aromatic rings. The van der Waals surface area contributed by atoms with Crippen molar-refractivity contribution in [3.63, 3.8) is 0 Å². The maximum absolute atomic E-state index is 15.2. The molecule has 1 heterocycles. The van der Waals surface area contributed by atoms with Crippen molar-refractivity contribution in [2.45, 2.75) is 44.3 Å². The molecule has 1 amide bonds. The second kappa shape index (κ2) is 7.47. The first-order valence-corrected chi connectivity index (χ1v) is 9.93. The molecule has 1 saturated carbocycles. The lowest BCUT2D eigenvalue weighted by Crippen LogP contribution is -2.46. The molecule has 2 nitrogen and oxygen atoms in total. The molecule has 154 valence electrons. The number of rotatable bonds is 4. The van der Waals surface area contributed by atoms with Crippen molar-refractivity contribution in [2.24, 2.45) is 11.8 Å². The van der Waals surface area contributed by atoms with Gasteiger partial charge in [-0.1, -0.05) is 55.5 Å². The first-order chi connectivity index (χ1) is 13.8. The van der Waals surface area contributed by atoms with Crippen LogP contribution in [0.3, 0.4) is 0 Å². The Labute approximate surface area is 167 Å². The predicted octanol–water partition coefficient (Wildman–Crippen LogP) is 5.27. The molecular formula is C23H23F4NO. The lowest BCUT2D eigenvalue weighted by molar-refractivity contribution is -0.142. The second-order valence-corrected chi connectivity index (χ2v) is 8.20. The molecule has 1 aliphatic carbocycles. The Morgan fingerprint density at radius 2 is 1.79 bits per heavy atom. The number of hydrogen-bond donors (Lipinski definition) is 0. The highest BCUT2D eigenvalue weighted by molar-refractivity contribution is 5.80. The summed E-state index contributed by atoms with van der Waals surface area (Å²) in [6.07, 6.45) is -0.872. The Balaban J connectivity index is 1.62. The van der Waals surface area contributed by atoms with Crippen LogP contribution in [-0.4, -0.2) is 35.5 Å². The van der Waals surface area contributed by atoms with E-state index in [0.717, 1.165) is 4.90 Å². The van der Waals surface area contributed by atoms with Crippen molar-refractivity contribution in [3.8, 4) is 11.1 Å². The zero-order valence-corrected chi connectivity index (χ0v) is 16.1. The van der Waals surface area contributed by atoms with Crippen molar-refractivity contribution >= 4 is 5.91 Å². The highest BCUT2D eigenvalue weighted by Crippen LogP contribution is 2.42. The van der Waals surface area contributed by atoms with Gasteiger partial charge in [0.05, 0.1) is 6.54 Å². The summed E-state index contributed by atoms with van der Waals surface area (Å²) in [4.78, 5) is 13.9. The van der Waals surface area contributed by atoms with Gasteiger partial charge < -0.3 is 4.90 Å². The van der Waals surface area contributed by atoms with Crippen LogP contribution in [0.1, 0.15) is 25.3 Å². The minimum absolute atomic E-state index is 0.000771. The summed E-state index contributed by atoms with van der Waals surface area (Å²) < 4.78 is 57.3. The summed E-state index contributed by atoms with van der Waals surface area (Å²) in [5.41, 5.74) is 1.40. The van der Waals surface area contributed by atoms with Gasteiger partial charge >= 0.3 is 0 Å². The van der Waals surface area contributed by atoms with Crippen molar-refractivity contribution in [1.29, 1.82) is 0 Å². The van der Waals surface area contributed by atoms with E-state index in [1.54, 1.807) is 42.5 Å². The molecule has 2 atom stereocenters. The number of likely N-dealkylation sites (tertiary alicyclic amines) is 1. The Morgan fingerprint density at radius 1 is 1.10 bits per heavy atom. The van der Waals surface area contributed by atoms with Gasteiger partial charge in [-0.25, -0.2) is 17.6 Å². The third kappa shape index (κ3) is 3.65. The van der Waals surface area contributed by atoms with Crippen molar-refractivity contribution in [2.75, 3.05) is 6.54 Å². The number of nitrogens with zero attached hydrogens (tertiary/aromatic N) is 1. The molecule has 0 aromatic heterocycles. The molecule has 1 aliphatic heterocycles. The minimum atomic E-state index is -3.05. The Bertz CT molecular complexity index is 895. The number of hydrogen-bond acceptors (Lipinski definition) is 1. The third-order valence-corrected chi connectivity index (χ3v) is 6.33. The SMILES string of the molecule is C[C@@H]1[C@H](Cc2cccc(-c3ccccc3)c2F)N(C(=O)C2CC(F)C2)CC1(F)F. The molecule has 2 fully saturated rings. The smallest absolute Gasteiger partial charge is 0.269 e. The predicted molar refractivity (Wildman–Crippen MR) is 103 cm³/mol. The van der Waals surface area contributed by atoms with Crippen LogP contribution in [-0.2, 0) is 11.2 Å². The molecule has 0 N–H and O–H groups in total. The summed E-state index contributed by atoms with van der Waals surface area (Å²) in [5.74, 6) is -5.60. The van der Waals surface area contributed by atoms with Crippen LogP contribution in [0.4, 0.5) is 17.6 Å². The Kier molecular flexibility index (Phi) is 5.13. The lowest BCUT2D eigenvalue weighted by atomic mass is 9.82. The lowest BCUT2D eigenvalue weighted by Gasteiger charge is -2.35. The van der Waals surface area contributed by atoms with Gasteiger partial charge in [0.1, 0.15) is 12.0 Å². The van der Waals surface area contributed by atoms with E-state index in [4.69, 9.17) is 0 Å². The van der Waals surface area contributed by atoms with E-state index in [0.29, 0.717) is 16.7 Å². The molecule has 0 unspecified atom stereocenters. The van der Waals surface area contributed by atoms with E-state index < -0.39 is 48.2 Å². The van der Waals surface area contributed by atoms with Crippen LogP contribution in [0.2, 0.25) is 0 Å². The second-order valence-electron chi connectivity index (χ2n) is 8.20. The molecule has 4 rings (SSSR count). The Hall–Kier alpha value is -2.37. The van der Waals surface area contributed by atoms with Gasteiger partial charge in [0, 0.05) is 23.4 Å². The first-order valence-electron chi connectivity index (χ1n) is 9.93. The third-order valence-electron chi connectivity index (χ3n) is 6.33. The van der Waals surface area contributed by atoms with Gasteiger partial charge in [-0.15, -0.1) is 0 Å². The number of amides is 1. The molecule has 0 radical (unpaired) electrons. The molecule has 29 heavy (non-hydrogen) atoms. The standard InChI is InChI=1S/C23H23F4NO/c1-14-20(28(13-23(14,26)27)22(29)17-10-18(24)11-17)12-16-8-5-9-19(21(16)25)15-6-3-2-4-7-15/h2-9,14,17-18,20H,10-13H2,1H3/t14-,17?,18?,20+/m1/s1. The molecule has 0 bridgehead atoms. The number of benzene rings is 2. The van der Waals surface area contributed by atoms with Crippen LogP contribution in [0, 0.1) is 17.7 Å².